The van der Waals surface area contributed by atoms with Crippen LogP contribution in [0.25, 0.3) is 0 Å². The predicted molar refractivity (Wildman–Crippen MR) is 107 cm³/mol. The van der Waals surface area contributed by atoms with E-state index in [0.29, 0.717) is 37.4 Å². The first-order chi connectivity index (χ1) is 13.7. The Kier molecular flexibility index (Phi) is 5.95. The first-order valence-corrected chi connectivity index (χ1v) is 9.85. The van der Waals surface area contributed by atoms with Gasteiger partial charge in [0.05, 0.1) is 18.8 Å². The number of anilines is 1. The van der Waals surface area contributed by atoms with E-state index in [9.17, 15) is 9.90 Å². The number of hydrogen-bond donors (Lipinski definition) is 1. The van der Waals surface area contributed by atoms with Gasteiger partial charge < -0.3 is 19.2 Å². The van der Waals surface area contributed by atoms with Crippen LogP contribution in [0.3, 0.4) is 0 Å². The first kappa shape index (κ1) is 19.0. The average molecular weight is 385 g/mol. The molecule has 1 aromatic heterocycles. The molecule has 0 unspecified atom stereocenters. The monoisotopic (exact) mass is 385 g/mol. The number of hydrogen-bond acceptors (Lipinski definition) is 7. The van der Waals surface area contributed by atoms with E-state index in [4.69, 9.17) is 9.15 Å². The van der Waals surface area contributed by atoms with Gasteiger partial charge in [-0.05, 0) is 12.1 Å². The molecule has 4 rings (SSSR count). The Bertz CT molecular complexity index is 825. The molecule has 2 saturated heterocycles. The minimum absolute atomic E-state index is 0.0771. The van der Waals surface area contributed by atoms with Crippen LogP contribution in [0.2, 0.25) is 0 Å². The van der Waals surface area contributed by atoms with Crippen molar-refractivity contribution in [2.24, 2.45) is 0 Å². The summed E-state index contributed by atoms with van der Waals surface area (Å²) in [6.07, 6.45) is 1.39. The predicted octanol–water partition coefficient (Wildman–Crippen LogP) is 1.50. The van der Waals surface area contributed by atoms with Crippen LogP contribution in [0, 0.1) is 0 Å². The van der Waals surface area contributed by atoms with E-state index < -0.39 is 5.63 Å². The molecule has 0 bridgehead atoms. The highest BCUT2D eigenvalue weighted by atomic mass is 16.5. The maximum Gasteiger partial charge on any atom is 0.343 e. The van der Waals surface area contributed by atoms with E-state index in [0.717, 1.165) is 39.3 Å². The van der Waals surface area contributed by atoms with Gasteiger partial charge in [-0.2, -0.15) is 0 Å². The number of morpholine rings is 1. The van der Waals surface area contributed by atoms with Gasteiger partial charge in [-0.3, -0.25) is 9.80 Å². The van der Waals surface area contributed by atoms with E-state index in [1.165, 1.54) is 12.0 Å². The van der Waals surface area contributed by atoms with E-state index >= 15 is 0 Å². The Morgan fingerprint density at radius 1 is 0.893 bits per heavy atom. The number of benzene rings is 1. The SMILES string of the molecule is O=c1occ(CN2CCOCC2)c(O)c1CN1CCN(c2ccccc2)CC1. The van der Waals surface area contributed by atoms with Gasteiger partial charge in [0.2, 0.25) is 0 Å². The van der Waals surface area contributed by atoms with Crippen molar-refractivity contribution in [1.29, 1.82) is 0 Å². The highest BCUT2D eigenvalue weighted by Gasteiger charge is 2.22. The van der Waals surface area contributed by atoms with Crippen molar-refractivity contribution in [3.8, 4) is 5.75 Å². The lowest BCUT2D eigenvalue weighted by atomic mass is 10.1. The molecule has 3 heterocycles. The molecule has 2 aromatic rings. The third-order valence-electron chi connectivity index (χ3n) is 5.52. The number of nitrogens with zero attached hydrogens (tertiary/aromatic N) is 3. The zero-order chi connectivity index (χ0) is 19.3. The molecule has 2 aliphatic rings. The van der Waals surface area contributed by atoms with Crippen molar-refractivity contribution in [2.75, 3.05) is 57.4 Å². The van der Waals surface area contributed by atoms with Gasteiger partial charge in [-0.25, -0.2) is 4.79 Å². The summed E-state index contributed by atoms with van der Waals surface area (Å²) in [6, 6.07) is 10.3. The Balaban J connectivity index is 1.40. The minimum Gasteiger partial charge on any atom is -0.507 e. The quantitative estimate of drug-likeness (QED) is 0.836. The molecule has 150 valence electrons. The smallest absolute Gasteiger partial charge is 0.343 e. The van der Waals surface area contributed by atoms with Gasteiger partial charge in [-0.1, -0.05) is 18.2 Å². The number of aromatic hydroxyl groups is 1. The number of piperazine rings is 1. The minimum atomic E-state index is -0.450. The van der Waals surface area contributed by atoms with Gasteiger partial charge in [-0.15, -0.1) is 0 Å². The van der Waals surface area contributed by atoms with E-state index in [2.05, 4.69) is 26.8 Å². The Morgan fingerprint density at radius 2 is 1.57 bits per heavy atom. The summed E-state index contributed by atoms with van der Waals surface area (Å²) in [5, 5.41) is 10.7. The zero-order valence-electron chi connectivity index (χ0n) is 16.0. The third kappa shape index (κ3) is 4.38. The number of ether oxygens (including phenoxy) is 1. The maximum absolute atomic E-state index is 12.2. The van der Waals surface area contributed by atoms with Crippen molar-refractivity contribution in [2.45, 2.75) is 13.1 Å². The summed E-state index contributed by atoms with van der Waals surface area (Å²) in [5.74, 6) is 0.0771. The second-order valence-corrected chi connectivity index (χ2v) is 7.36. The molecule has 0 atom stereocenters. The summed E-state index contributed by atoms with van der Waals surface area (Å²) < 4.78 is 10.6. The molecule has 1 N–H and O–H groups in total. The van der Waals surface area contributed by atoms with Crippen LogP contribution in [-0.2, 0) is 17.8 Å². The Hall–Kier alpha value is -2.35. The van der Waals surface area contributed by atoms with Crippen LogP contribution in [0.4, 0.5) is 5.69 Å². The third-order valence-corrected chi connectivity index (χ3v) is 5.52. The molecular formula is C21H27N3O4. The fourth-order valence-corrected chi connectivity index (χ4v) is 3.82. The lowest BCUT2D eigenvalue weighted by Gasteiger charge is -2.36. The normalized spacial score (nSPS) is 19.1. The van der Waals surface area contributed by atoms with E-state index in [-0.39, 0.29) is 5.75 Å². The van der Waals surface area contributed by atoms with Crippen molar-refractivity contribution >= 4 is 5.69 Å². The molecule has 0 amide bonds. The Labute approximate surface area is 164 Å². The summed E-state index contributed by atoms with van der Waals surface area (Å²) >= 11 is 0. The lowest BCUT2D eigenvalue weighted by molar-refractivity contribution is 0.0335. The second kappa shape index (κ2) is 8.77. The second-order valence-electron chi connectivity index (χ2n) is 7.36. The van der Waals surface area contributed by atoms with Crippen LogP contribution < -0.4 is 10.5 Å². The van der Waals surface area contributed by atoms with Crippen LogP contribution >= 0.6 is 0 Å². The van der Waals surface area contributed by atoms with Gasteiger partial charge in [0, 0.05) is 63.6 Å². The molecule has 28 heavy (non-hydrogen) atoms. The van der Waals surface area contributed by atoms with Crippen molar-refractivity contribution in [3.05, 3.63) is 58.1 Å². The molecule has 7 heteroatoms. The first-order valence-electron chi connectivity index (χ1n) is 9.85. The van der Waals surface area contributed by atoms with Crippen LogP contribution in [0.1, 0.15) is 11.1 Å². The molecule has 7 nitrogen and oxygen atoms in total. The molecule has 1 aromatic carbocycles. The number of rotatable bonds is 5. The van der Waals surface area contributed by atoms with Gasteiger partial charge in [0.15, 0.2) is 0 Å². The summed E-state index contributed by atoms with van der Waals surface area (Å²) in [7, 11) is 0. The summed E-state index contributed by atoms with van der Waals surface area (Å²) in [4.78, 5) is 19.0. The van der Waals surface area contributed by atoms with Crippen LogP contribution in [0.5, 0.6) is 5.75 Å². The molecule has 0 spiro atoms. The summed E-state index contributed by atoms with van der Waals surface area (Å²) in [6.45, 7) is 7.44. The van der Waals surface area contributed by atoms with E-state index in [1.807, 2.05) is 18.2 Å². The zero-order valence-corrected chi connectivity index (χ0v) is 16.0. The van der Waals surface area contributed by atoms with Gasteiger partial charge in [0.1, 0.15) is 12.0 Å². The maximum atomic E-state index is 12.2. The molecule has 2 fully saturated rings. The van der Waals surface area contributed by atoms with Crippen molar-refractivity contribution in [1.82, 2.24) is 9.80 Å². The molecule has 0 radical (unpaired) electrons. The fourth-order valence-electron chi connectivity index (χ4n) is 3.82. The van der Waals surface area contributed by atoms with E-state index in [1.54, 1.807) is 0 Å². The highest BCUT2D eigenvalue weighted by Crippen LogP contribution is 2.24. The lowest BCUT2D eigenvalue weighted by Crippen LogP contribution is -2.46. The number of para-hydroxylation sites is 1. The molecule has 0 aliphatic carbocycles. The Morgan fingerprint density at radius 3 is 2.29 bits per heavy atom. The standard InChI is InChI=1S/C21H27N3O4/c25-20-17(14-23-10-12-27-13-11-23)16-28-21(26)19(20)15-22-6-8-24(9-7-22)18-4-2-1-3-5-18/h1-5,16,25H,6-15H2. The average Bonchev–Trinajstić information content (AvgIpc) is 2.75. The van der Waals surface area contributed by atoms with Crippen molar-refractivity contribution < 1.29 is 14.3 Å². The van der Waals surface area contributed by atoms with Gasteiger partial charge >= 0.3 is 5.63 Å². The highest BCUT2D eigenvalue weighted by molar-refractivity contribution is 5.46. The van der Waals surface area contributed by atoms with Crippen LogP contribution in [0.15, 0.2) is 45.8 Å². The van der Waals surface area contributed by atoms with Crippen LogP contribution in [-0.4, -0.2) is 67.4 Å². The summed E-state index contributed by atoms with van der Waals surface area (Å²) in [5.41, 5.74) is 1.80. The molecule has 0 saturated carbocycles. The molecular weight excluding hydrogens is 358 g/mol. The van der Waals surface area contributed by atoms with Crippen molar-refractivity contribution in [3.63, 3.8) is 0 Å². The fraction of sp³-hybridized carbons (Fsp3) is 0.476. The largest absolute Gasteiger partial charge is 0.507 e. The molecule has 2 aliphatic heterocycles. The van der Waals surface area contributed by atoms with Gasteiger partial charge in [0.25, 0.3) is 0 Å². The topological polar surface area (TPSA) is 69.4 Å².